The maximum atomic E-state index is 12.9. The maximum Gasteiger partial charge on any atom is 0.346 e. The maximum absolute atomic E-state index is 12.9. The molecule has 1 saturated heterocycles. The van der Waals surface area contributed by atoms with Gasteiger partial charge in [-0.15, -0.1) is 0 Å². The molecule has 0 unspecified atom stereocenters. The first-order valence-corrected chi connectivity index (χ1v) is 11.3. The van der Waals surface area contributed by atoms with Crippen molar-refractivity contribution in [3.8, 4) is 11.5 Å². The van der Waals surface area contributed by atoms with Gasteiger partial charge >= 0.3 is 5.69 Å². The van der Waals surface area contributed by atoms with Gasteiger partial charge in [0.1, 0.15) is 17.3 Å². The Morgan fingerprint density at radius 3 is 2.33 bits per heavy atom. The minimum Gasteiger partial charge on any atom is -0.497 e. The zero-order chi connectivity index (χ0) is 23.2. The smallest absolute Gasteiger partial charge is 0.346 e. The number of benzene rings is 2. The average Bonchev–Trinajstić information content (AvgIpc) is 3.18. The lowest BCUT2D eigenvalue weighted by Gasteiger charge is -2.31. The number of piperidine rings is 1. The second-order valence-corrected chi connectivity index (χ2v) is 8.15. The Hall–Kier alpha value is -3.55. The standard InChI is InChI=1S/C25H30N4O4/c1-3-28-24(26-29(25(28)31)17-19-7-5-4-6-8-19)20-13-15-27(16-14-20)23(30)18-33-22-11-9-21(32-2)10-12-22/h4-12,20H,3,13-18H2,1-2H3. The predicted octanol–water partition coefficient (Wildman–Crippen LogP) is 2.91. The summed E-state index contributed by atoms with van der Waals surface area (Å²) in [7, 11) is 1.61. The number of amides is 1. The van der Waals surface area contributed by atoms with Crippen LogP contribution in [0.25, 0.3) is 0 Å². The third kappa shape index (κ3) is 5.27. The molecule has 0 N–H and O–H groups in total. The number of aromatic nitrogens is 3. The number of carbonyl (C=O) groups is 1. The molecule has 1 aliphatic rings. The molecule has 0 saturated carbocycles. The van der Waals surface area contributed by atoms with E-state index >= 15 is 0 Å². The van der Waals surface area contributed by atoms with Crippen LogP contribution in [-0.4, -0.2) is 52.0 Å². The normalized spacial score (nSPS) is 14.3. The summed E-state index contributed by atoms with van der Waals surface area (Å²) < 4.78 is 14.1. The van der Waals surface area contributed by atoms with Crippen LogP contribution in [0.5, 0.6) is 11.5 Å². The second-order valence-electron chi connectivity index (χ2n) is 8.15. The lowest BCUT2D eigenvalue weighted by atomic mass is 9.96. The van der Waals surface area contributed by atoms with Crippen molar-refractivity contribution in [2.24, 2.45) is 0 Å². The lowest BCUT2D eigenvalue weighted by molar-refractivity contribution is -0.134. The lowest BCUT2D eigenvalue weighted by Crippen LogP contribution is -2.41. The molecule has 174 valence electrons. The van der Waals surface area contributed by atoms with E-state index in [1.807, 2.05) is 42.2 Å². The van der Waals surface area contributed by atoms with Crippen LogP contribution in [0.1, 0.15) is 37.1 Å². The summed E-state index contributed by atoms with van der Waals surface area (Å²) >= 11 is 0. The van der Waals surface area contributed by atoms with Crippen LogP contribution in [-0.2, 0) is 17.9 Å². The van der Waals surface area contributed by atoms with Crippen LogP contribution in [0.15, 0.2) is 59.4 Å². The molecule has 0 spiro atoms. The molecule has 0 radical (unpaired) electrons. The highest BCUT2D eigenvalue weighted by Crippen LogP contribution is 2.26. The SMILES string of the molecule is CCn1c(C2CCN(C(=O)COc3ccc(OC)cc3)CC2)nn(Cc2ccccc2)c1=O. The van der Waals surface area contributed by atoms with Gasteiger partial charge in [-0.3, -0.25) is 9.36 Å². The fourth-order valence-electron chi connectivity index (χ4n) is 4.21. The van der Waals surface area contributed by atoms with Crippen molar-refractivity contribution < 1.29 is 14.3 Å². The van der Waals surface area contributed by atoms with E-state index < -0.39 is 0 Å². The molecule has 0 aliphatic carbocycles. The van der Waals surface area contributed by atoms with Crippen molar-refractivity contribution in [3.05, 3.63) is 76.5 Å². The Morgan fingerprint density at radius 1 is 1.03 bits per heavy atom. The van der Waals surface area contributed by atoms with Crippen LogP contribution in [0.2, 0.25) is 0 Å². The van der Waals surface area contributed by atoms with E-state index in [1.165, 1.54) is 0 Å². The van der Waals surface area contributed by atoms with Gasteiger partial charge in [-0.1, -0.05) is 30.3 Å². The summed E-state index contributed by atoms with van der Waals surface area (Å²) in [5.41, 5.74) is 0.965. The number of ether oxygens (including phenoxy) is 2. The zero-order valence-corrected chi connectivity index (χ0v) is 19.1. The Kier molecular flexibility index (Phi) is 7.12. The largest absolute Gasteiger partial charge is 0.497 e. The number of hydrogen-bond acceptors (Lipinski definition) is 5. The highest BCUT2D eigenvalue weighted by molar-refractivity contribution is 5.77. The molecular weight excluding hydrogens is 420 g/mol. The van der Waals surface area contributed by atoms with Crippen molar-refractivity contribution in [1.82, 2.24) is 19.2 Å². The summed E-state index contributed by atoms with van der Waals surface area (Å²) in [5.74, 6) is 2.32. The van der Waals surface area contributed by atoms with Crippen LogP contribution >= 0.6 is 0 Å². The number of hydrogen-bond donors (Lipinski definition) is 0. The van der Waals surface area contributed by atoms with Gasteiger partial charge in [-0.25, -0.2) is 9.48 Å². The molecule has 3 aromatic rings. The van der Waals surface area contributed by atoms with Crippen molar-refractivity contribution >= 4 is 5.91 Å². The van der Waals surface area contributed by atoms with Crippen molar-refractivity contribution in [1.29, 1.82) is 0 Å². The second kappa shape index (κ2) is 10.4. The fourth-order valence-corrected chi connectivity index (χ4v) is 4.21. The number of nitrogens with zero attached hydrogens (tertiary/aromatic N) is 4. The van der Waals surface area contributed by atoms with E-state index in [4.69, 9.17) is 9.47 Å². The molecule has 8 heteroatoms. The summed E-state index contributed by atoms with van der Waals surface area (Å²) in [6.45, 7) is 4.26. The Bertz CT molecular complexity index is 1110. The van der Waals surface area contributed by atoms with Gasteiger partial charge in [0.15, 0.2) is 6.61 Å². The molecule has 0 atom stereocenters. The van der Waals surface area contributed by atoms with Crippen LogP contribution < -0.4 is 15.2 Å². The molecule has 2 heterocycles. The highest BCUT2D eigenvalue weighted by Gasteiger charge is 2.28. The average molecular weight is 451 g/mol. The van der Waals surface area contributed by atoms with Gasteiger partial charge in [0.25, 0.3) is 5.91 Å². The summed E-state index contributed by atoms with van der Waals surface area (Å²) in [6, 6.07) is 17.0. The number of methoxy groups -OCH3 is 1. The van der Waals surface area contributed by atoms with E-state index in [9.17, 15) is 9.59 Å². The molecule has 1 fully saturated rings. The summed E-state index contributed by atoms with van der Waals surface area (Å²) in [5, 5.41) is 4.69. The van der Waals surface area contributed by atoms with Gasteiger partial charge in [-0.05, 0) is 49.6 Å². The molecule has 4 rings (SSSR count). The third-order valence-corrected chi connectivity index (χ3v) is 6.08. The first kappa shape index (κ1) is 22.6. The van der Waals surface area contributed by atoms with E-state index in [1.54, 1.807) is 40.6 Å². The molecule has 1 amide bonds. The monoisotopic (exact) mass is 450 g/mol. The van der Waals surface area contributed by atoms with Crippen LogP contribution in [0.3, 0.4) is 0 Å². The van der Waals surface area contributed by atoms with Crippen molar-refractivity contribution in [2.75, 3.05) is 26.8 Å². The number of rotatable bonds is 8. The van der Waals surface area contributed by atoms with E-state index in [0.29, 0.717) is 31.9 Å². The first-order valence-electron chi connectivity index (χ1n) is 11.3. The summed E-state index contributed by atoms with van der Waals surface area (Å²) in [4.78, 5) is 27.3. The van der Waals surface area contributed by atoms with Crippen molar-refractivity contribution in [2.45, 2.75) is 38.8 Å². The van der Waals surface area contributed by atoms with Crippen LogP contribution in [0.4, 0.5) is 0 Å². The van der Waals surface area contributed by atoms with E-state index in [2.05, 4.69) is 5.10 Å². The minimum atomic E-state index is -0.0808. The molecule has 1 aliphatic heterocycles. The fraction of sp³-hybridized carbons (Fsp3) is 0.400. The quantitative estimate of drug-likeness (QED) is 0.527. The Morgan fingerprint density at radius 2 is 1.70 bits per heavy atom. The Labute approximate surface area is 193 Å². The Balaban J connectivity index is 1.35. The first-order chi connectivity index (χ1) is 16.1. The highest BCUT2D eigenvalue weighted by atomic mass is 16.5. The minimum absolute atomic E-state index is 0.00235. The zero-order valence-electron chi connectivity index (χ0n) is 19.1. The number of carbonyl (C=O) groups excluding carboxylic acids is 1. The van der Waals surface area contributed by atoms with Gasteiger partial charge in [0.05, 0.1) is 13.7 Å². The topological polar surface area (TPSA) is 78.6 Å². The van der Waals surface area contributed by atoms with Gasteiger partial charge < -0.3 is 14.4 Å². The van der Waals surface area contributed by atoms with E-state index in [-0.39, 0.29) is 24.1 Å². The molecule has 1 aromatic heterocycles. The third-order valence-electron chi connectivity index (χ3n) is 6.08. The van der Waals surface area contributed by atoms with Crippen LogP contribution in [0, 0.1) is 0 Å². The van der Waals surface area contributed by atoms with Gasteiger partial charge in [0.2, 0.25) is 0 Å². The molecule has 33 heavy (non-hydrogen) atoms. The summed E-state index contributed by atoms with van der Waals surface area (Å²) in [6.07, 6.45) is 1.55. The van der Waals surface area contributed by atoms with Crippen molar-refractivity contribution in [3.63, 3.8) is 0 Å². The van der Waals surface area contributed by atoms with E-state index in [0.717, 1.165) is 30.0 Å². The molecule has 2 aromatic carbocycles. The molecule has 8 nitrogen and oxygen atoms in total. The predicted molar refractivity (Wildman–Crippen MR) is 125 cm³/mol. The van der Waals surface area contributed by atoms with Gasteiger partial charge in [-0.2, -0.15) is 5.10 Å². The molecule has 0 bridgehead atoms. The molecular formula is C25H30N4O4. The van der Waals surface area contributed by atoms with Gasteiger partial charge in [0, 0.05) is 25.6 Å². The number of likely N-dealkylation sites (tertiary alicyclic amines) is 1.